The molecule has 0 aliphatic heterocycles. The highest BCUT2D eigenvalue weighted by Crippen LogP contribution is 2.28. The number of hydrogen-bond acceptors (Lipinski definition) is 4. The van der Waals surface area contributed by atoms with E-state index in [1.807, 2.05) is 49.4 Å². The Balaban J connectivity index is 1.81. The van der Waals surface area contributed by atoms with Gasteiger partial charge in [0.05, 0.1) is 20.6 Å². The maximum atomic E-state index is 14.5. The third kappa shape index (κ3) is 8.69. The molecule has 0 bridgehead atoms. The van der Waals surface area contributed by atoms with Crippen molar-refractivity contribution in [3.63, 3.8) is 0 Å². The fourth-order valence-corrected chi connectivity index (χ4v) is 6.81. The Hall–Kier alpha value is -3.85. The van der Waals surface area contributed by atoms with E-state index in [1.54, 1.807) is 49.4 Å². The summed E-state index contributed by atoms with van der Waals surface area (Å²) in [5, 5.41) is 3.52. The number of benzene rings is 4. The standard InChI is InChI=1S/C36H39Cl2N3O4S/c1-5-39-36(43)34(22-27-9-7-6-8-10-27)40(23-28-13-20-32(37)33(38)21-28)35(42)24-41(30-16-14-29(15-17-30)25(2)3)46(44,45)31-18-11-26(4)12-19-31/h6-21,25,34H,5,22-24H2,1-4H3,(H,39,43)/t34-/m1/s1. The van der Waals surface area contributed by atoms with Crippen LogP contribution < -0.4 is 9.62 Å². The fourth-order valence-electron chi connectivity index (χ4n) is 5.07. The Morgan fingerprint density at radius 1 is 0.826 bits per heavy atom. The van der Waals surface area contributed by atoms with Gasteiger partial charge in [0.25, 0.3) is 10.0 Å². The van der Waals surface area contributed by atoms with Crippen molar-refractivity contribution < 1.29 is 18.0 Å². The number of carbonyl (C=O) groups excluding carboxylic acids is 2. The van der Waals surface area contributed by atoms with Crippen LogP contribution in [0.1, 0.15) is 48.9 Å². The predicted octanol–water partition coefficient (Wildman–Crippen LogP) is 7.40. The van der Waals surface area contributed by atoms with Crippen LogP contribution in [-0.4, -0.2) is 44.3 Å². The van der Waals surface area contributed by atoms with Gasteiger partial charge in [-0.25, -0.2) is 8.42 Å². The van der Waals surface area contributed by atoms with Crippen LogP contribution >= 0.6 is 23.2 Å². The Labute approximate surface area is 282 Å². The van der Waals surface area contributed by atoms with Crippen molar-refractivity contribution in [3.8, 4) is 0 Å². The molecule has 0 aliphatic rings. The van der Waals surface area contributed by atoms with Gasteiger partial charge in [-0.3, -0.25) is 13.9 Å². The molecule has 2 amide bonds. The lowest BCUT2D eigenvalue weighted by atomic mass is 10.0. The molecule has 0 spiro atoms. The van der Waals surface area contributed by atoms with Gasteiger partial charge in [-0.15, -0.1) is 0 Å². The van der Waals surface area contributed by atoms with Crippen molar-refractivity contribution in [3.05, 3.63) is 129 Å². The monoisotopic (exact) mass is 679 g/mol. The maximum Gasteiger partial charge on any atom is 0.264 e. The summed E-state index contributed by atoms with van der Waals surface area (Å²) < 4.78 is 29.5. The summed E-state index contributed by atoms with van der Waals surface area (Å²) in [5.41, 5.74) is 3.76. The van der Waals surface area contributed by atoms with E-state index in [4.69, 9.17) is 23.2 Å². The Kier molecular flexibility index (Phi) is 11.9. The quantitative estimate of drug-likeness (QED) is 0.160. The molecule has 0 aromatic heterocycles. The van der Waals surface area contributed by atoms with Crippen LogP contribution in [0.5, 0.6) is 0 Å². The summed E-state index contributed by atoms with van der Waals surface area (Å²) in [6, 6.07) is 27.1. The number of aryl methyl sites for hydroxylation is 1. The molecular weight excluding hydrogens is 641 g/mol. The predicted molar refractivity (Wildman–Crippen MR) is 186 cm³/mol. The number of nitrogens with zero attached hydrogens (tertiary/aromatic N) is 2. The van der Waals surface area contributed by atoms with Crippen molar-refractivity contribution in [1.82, 2.24) is 10.2 Å². The fraction of sp³-hybridized carbons (Fsp3) is 0.278. The first-order valence-corrected chi connectivity index (χ1v) is 17.3. The minimum absolute atomic E-state index is 0.00490. The number of sulfonamides is 1. The minimum atomic E-state index is -4.19. The molecule has 7 nitrogen and oxygen atoms in total. The van der Waals surface area contributed by atoms with Crippen molar-refractivity contribution in [2.45, 2.75) is 57.5 Å². The molecule has 0 saturated heterocycles. The van der Waals surface area contributed by atoms with E-state index >= 15 is 0 Å². The maximum absolute atomic E-state index is 14.5. The zero-order chi connectivity index (χ0) is 33.4. The number of hydrogen-bond donors (Lipinski definition) is 1. The van der Waals surface area contributed by atoms with Gasteiger partial charge in [0.2, 0.25) is 11.8 Å². The normalized spacial score (nSPS) is 12.1. The number of carbonyl (C=O) groups is 2. The first-order valence-electron chi connectivity index (χ1n) is 15.1. The van der Waals surface area contributed by atoms with Crippen LogP contribution in [0.25, 0.3) is 0 Å². The van der Waals surface area contributed by atoms with E-state index in [0.717, 1.165) is 21.0 Å². The molecule has 0 heterocycles. The van der Waals surface area contributed by atoms with Gasteiger partial charge in [0.1, 0.15) is 12.6 Å². The largest absolute Gasteiger partial charge is 0.355 e. The van der Waals surface area contributed by atoms with Crippen LogP contribution in [0.15, 0.2) is 102 Å². The molecular formula is C36H39Cl2N3O4S. The Bertz CT molecular complexity index is 1750. The molecule has 1 atom stereocenters. The molecule has 0 fully saturated rings. The van der Waals surface area contributed by atoms with Crippen molar-refractivity contribution in [2.24, 2.45) is 0 Å². The smallest absolute Gasteiger partial charge is 0.264 e. The van der Waals surface area contributed by atoms with E-state index in [1.165, 1.54) is 17.0 Å². The molecule has 4 aromatic carbocycles. The van der Waals surface area contributed by atoms with Crippen molar-refractivity contribution >= 4 is 50.7 Å². The first-order chi connectivity index (χ1) is 21.9. The zero-order valence-corrected chi connectivity index (χ0v) is 28.7. The number of amides is 2. The lowest BCUT2D eigenvalue weighted by molar-refractivity contribution is -0.140. The van der Waals surface area contributed by atoms with Gasteiger partial charge in [-0.05, 0) is 72.9 Å². The number of halogens is 2. The van der Waals surface area contributed by atoms with Gasteiger partial charge >= 0.3 is 0 Å². The number of anilines is 1. The van der Waals surface area contributed by atoms with E-state index in [9.17, 15) is 18.0 Å². The van der Waals surface area contributed by atoms with Gasteiger partial charge in [0, 0.05) is 19.5 Å². The van der Waals surface area contributed by atoms with Gasteiger partial charge in [0.15, 0.2) is 0 Å². The molecule has 0 saturated carbocycles. The molecule has 4 rings (SSSR count). The van der Waals surface area contributed by atoms with Crippen LogP contribution in [-0.2, 0) is 32.6 Å². The summed E-state index contributed by atoms with van der Waals surface area (Å²) >= 11 is 12.5. The van der Waals surface area contributed by atoms with Gasteiger partial charge in [-0.2, -0.15) is 0 Å². The van der Waals surface area contributed by atoms with Crippen LogP contribution in [0.3, 0.4) is 0 Å². The summed E-state index contributed by atoms with van der Waals surface area (Å²) in [6.45, 7) is 7.59. The van der Waals surface area contributed by atoms with Crippen molar-refractivity contribution in [1.29, 1.82) is 0 Å². The van der Waals surface area contributed by atoms with Gasteiger partial charge < -0.3 is 10.2 Å². The second kappa shape index (κ2) is 15.6. The highest BCUT2D eigenvalue weighted by Gasteiger charge is 2.34. The summed E-state index contributed by atoms with van der Waals surface area (Å²) in [7, 11) is -4.19. The first kappa shape index (κ1) is 35.0. The topological polar surface area (TPSA) is 86.8 Å². The number of likely N-dealkylation sites (N-methyl/N-ethyl adjacent to an activating group) is 1. The second-order valence-corrected chi connectivity index (χ2v) is 14.1. The number of nitrogens with one attached hydrogen (secondary N) is 1. The second-order valence-electron chi connectivity index (χ2n) is 11.4. The molecule has 0 aliphatic carbocycles. The molecule has 1 N–H and O–H groups in total. The lowest BCUT2D eigenvalue weighted by Crippen LogP contribution is -2.53. The van der Waals surface area contributed by atoms with Gasteiger partial charge in [-0.1, -0.05) is 103 Å². The average Bonchev–Trinajstić information content (AvgIpc) is 3.04. The zero-order valence-electron chi connectivity index (χ0n) is 26.4. The van der Waals surface area contributed by atoms with Crippen LogP contribution in [0, 0.1) is 6.92 Å². The molecule has 4 aromatic rings. The molecule has 10 heteroatoms. The molecule has 242 valence electrons. The summed E-state index contributed by atoms with van der Waals surface area (Å²) in [4.78, 5) is 29.6. The lowest BCUT2D eigenvalue weighted by Gasteiger charge is -2.34. The molecule has 0 unspecified atom stereocenters. The van der Waals surface area contributed by atoms with Crippen molar-refractivity contribution in [2.75, 3.05) is 17.4 Å². The van der Waals surface area contributed by atoms with Crippen LogP contribution in [0.4, 0.5) is 5.69 Å². The average molecular weight is 681 g/mol. The van der Waals surface area contributed by atoms with E-state index in [2.05, 4.69) is 19.2 Å². The van der Waals surface area contributed by atoms with E-state index in [-0.39, 0.29) is 29.7 Å². The Morgan fingerprint density at radius 2 is 1.48 bits per heavy atom. The highest BCUT2D eigenvalue weighted by molar-refractivity contribution is 7.92. The minimum Gasteiger partial charge on any atom is -0.355 e. The molecule has 46 heavy (non-hydrogen) atoms. The number of rotatable bonds is 13. The summed E-state index contributed by atoms with van der Waals surface area (Å²) in [5.74, 6) is -0.675. The van der Waals surface area contributed by atoms with E-state index < -0.39 is 28.5 Å². The molecule has 0 radical (unpaired) electrons. The van der Waals surface area contributed by atoms with E-state index in [0.29, 0.717) is 27.8 Å². The van der Waals surface area contributed by atoms with Crippen LogP contribution in [0.2, 0.25) is 10.0 Å². The SMILES string of the molecule is CCNC(=O)[C@@H](Cc1ccccc1)N(Cc1ccc(Cl)c(Cl)c1)C(=O)CN(c1ccc(C(C)C)cc1)S(=O)(=O)c1ccc(C)cc1. The summed E-state index contributed by atoms with van der Waals surface area (Å²) in [6.07, 6.45) is 0.216. The highest BCUT2D eigenvalue weighted by atomic mass is 35.5. The third-order valence-electron chi connectivity index (χ3n) is 7.69. The third-order valence-corrected chi connectivity index (χ3v) is 10.2. The Morgan fingerprint density at radius 3 is 2.07 bits per heavy atom.